The van der Waals surface area contributed by atoms with Crippen molar-refractivity contribution in [3.8, 4) is 0 Å². The molecule has 1 rings (SSSR count). The van der Waals surface area contributed by atoms with Gasteiger partial charge >= 0.3 is 12.1 Å². The second kappa shape index (κ2) is 6.60. The van der Waals surface area contributed by atoms with Crippen LogP contribution in [0.5, 0.6) is 0 Å². The lowest BCUT2D eigenvalue weighted by molar-refractivity contribution is -0.142. The number of hydrogen-bond acceptors (Lipinski definition) is 3. The summed E-state index contributed by atoms with van der Waals surface area (Å²) < 4.78 is 42.5. The zero-order chi connectivity index (χ0) is 16.2. The van der Waals surface area contributed by atoms with Crippen LogP contribution in [0.4, 0.5) is 13.2 Å². The van der Waals surface area contributed by atoms with E-state index in [-0.39, 0.29) is 18.2 Å². The molecule has 0 aliphatic carbocycles. The normalized spacial score (nSPS) is 11.4. The van der Waals surface area contributed by atoms with Crippen LogP contribution in [-0.4, -0.2) is 36.5 Å². The number of rotatable bonds is 4. The van der Waals surface area contributed by atoms with Crippen molar-refractivity contribution in [3.05, 3.63) is 35.4 Å². The number of carbonyl (C=O) groups is 2. The van der Waals surface area contributed by atoms with Crippen LogP contribution in [0.2, 0.25) is 0 Å². The van der Waals surface area contributed by atoms with Crippen molar-refractivity contribution in [3.63, 3.8) is 0 Å². The van der Waals surface area contributed by atoms with Crippen LogP contribution in [0.3, 0.4) is 0 Å². The maximum atomic E-state index is 12.7. The van der Waals surface area contributed by atoms with Gasteiger partial charge in [0.2, 0.25) is 0 Å². The Balaban J connectivity index is 3.07. The second-order valence-corrected chi connectivity index (χ2v) is 4.68. The number of ether oxygens (including phenoxy) is 1. The third-order valence-electron chi connectivity index (χ3n) is 2.85. The highest BCUT2D eigenvalue weighted by Gasteiger charge is 2.31. The van der Waals surface area contributed by atoms with Gasteiger partial charge in [-0.2, -0.15) is 13.2 Å². The summed E-state index contributed by atoms with van der Waals surface area (Å²) in [4.78, 5) is 24.7. The monoisotopic (exact) mass is 303 g/mol. The fraction of sp³-hybridized carbons (Fsp3) is 0.429. The van der Waals surface area contributed by atoms with Gasteiger partial charge in [0.15, 0.2) is 0 Å². The SMILES string of the molecule is COC(=O)CN(C(=O)c1cccc(C(F)(F)F)c1)C(C)C. The van der Waals surface area contributed by atoms with Crippen molar-refractivity contribution in [2.45, 2.75) is 26.1 Å². The number of esters is 1. The second-order valence-electron chi connectivity index (χ2n) is 4.68. The Morgan fingerprint density at radius 1 is 1.29 bits per heavy atom. The van der Waals surface area contributed by atoms with Gasteiger partial charge in [-0.1, -0.05) is 6.07 Å². The van der Waals surface area contributed by atoms with Gasteiger partial charge in [-0.25, -0.2) is 0 Å². The van der Waals surface area contributed by atoms with Gasteiger partial charge in [0.25, 0.3) is 5.91 Å². The molecule has 1 aromatic rings. The molecule has 1 amide bonds. The number of carbonyl (C=O) groups excluding carboxylic acids is 2. The number of alkyl halides is 3. The molecule has 0 aliphatic heterocycles. The van der Waals surface area contributed by atoms with Crippen LogP contribution < -0.4 is 0 Å². The summed E-state index contributed by atoms with van der Waals surface area (Å²) in [5.41, 5.74) is -1.03. The molecular weight excluding hydrogens is 287 g/mol. The largest absolute Gasteiger partial charge is 0.468 e. The van der Waals surface area contributed by atoms with Crippen molar-refractivity contribution in [1.29, 1.82) is 0 Å². The maximum absolute atomic E-state index is 12.7. The van der Waals surface area contributed by atoms with Gasteiger partial charge in [0.1, 0.15) is 6.54 Å². The van der Waals surface area contributed by atoms with Gasteiger partial charge in [-0.15, -0.1) is 0 Å². The Labute approximate surface area is 120 Å². The fourth-order valence-electron chi connectivity index (χ4n) is 1.69. The predicted molar refractivity (Wildman–Crippen MR) is 69.6 cm³/mol. The highest BCUT2D eigenvalue weighted by atomic mass is 19.4. The minimum Gasteiger partial charge on any atom is -0.468 e. The first-order chi connectivity index (χ1) is 9.66. The molecule has 0 spiro atoms. The summed E-state index contributed by atoms with van der Waals surface area (Å²) in [6, 6.07) is 3.74. The predicted octanol–water partition coefficient (Wildman–Crippen LogP) is 2.73. The molecule has 0 heterocycles. The standard InChI is InChI=1S/C14H16F3NO3/c1-9(2)18(8-12(19)21-3)13(20)10-5-4-6-11(7-10)14(15,16)17/h4-7,9H,8H2,1-3H3. The molecule has 0 atom stereocenters. The molecule has 0 saturated heterocycles. The smallest absolute Gasteiger partial charge is 0.416 e. The summed E-state index contributed by atoms with van der Waals surface area (Å²) in [7, 11) is 1.18. The Bertz CT molecular complexity index is 526. The van der Waals surface area contributed by atoms with Crippen molar-refractivity contribution in [1.82, 2.24) is 4.90 Å². The summed E-state index contributed by atoms with van der Waals surface area (Å²) in [6.45, 7) is 3.01. The van der Waals surface area contributed by atoms with Gasteiger partial charge < -0.3 is 9.64 Å². The zero-order valence-corrected chi connectivity index (χ0v) is 11.9. The van der Waals surface area contributed by atoms with Crippen LogP contribution in [0, 0.1) is 0 Å². The molecule has 21 heavy (non-hydrogen) atoms. The number of benzene rings is 1. The molecular formula is C14H16F3NO3. The van der Waals surface area contributed by atoms with Gasteiger partial charge in [0, 0.05) is 11.6 Å². The van der Waals surface area contributed by atoms with Crippen molar-refractivity contribution in [2.75, 3.05) is 13.7 Å². The number of hydrogen-bond donors (Lipinski definition) is 0. The van der Waals surface area contributed by atoms with E-state index in [0.717, 1.165) is 23.1 Å². The molecule has 0 N–H and O–H groups in total. The van der Waals surface area contributed by atoms with Gasteiger partial charge in [-0.05, 0) is 32.0 Å². The van der Waals surface area contributed by atoms with Gasteiger partial charge in [-0.3, -0.25) is 9.59 Å². The van der Waals surface area contributed by atoms with E-state index in [1.54, 1.807) is 13.8 Å². The Morgan fingerprint density at radius 2 is 1.90 bits per heavy atom. The molecule has 0 unspecified atom stereocenters. The summed E-state index contributed by atoms with van der Waals surface area (Å²) in [5, 5.41) is 0. The third kappa shape index (κ3) is 4.47. The lowest BCUT2D eigenvalue weighted by Gasteiger charge is -2.25. The quantitative estimate of drug-likeness (QED) is 0.804. The van der Waals surface area contributed by atoms with Crippen LogP contribution >= 0.6 is 0 Å². The molecule has 7 heteroatoms. The third-order valence-corrected chi connectivity index (χ3v) is 2.85. The topological polar surface area (TPSA) is 46.6 Å². The van der Waals surface area contributed by atoms with E-state index >= 15 is 0 Å². The van der Waals surface area contributed by atoms with Gasteiger partial charge in [0.05, 0.1) is 12.7 Å². The first kappa shape index (κ1) is 17.0. The van der Waals surface area contributed by atoms with Crippen molar-refractivity contribution in [2.24, 2.45) is 0 Å². The highest BCUT2D eigenvalue weighted by molar-refractivity contribution is 5.96. The molecule has 4 nitrogen and oxygen atoms in total. The van der Waals surface area contributed by atoms with E-state index in [0.29, 0.717) is 0 Å². The Morgan fingerprint density at radius 3 is 2.38 bits per heavy atom. The molecule has 0 aromatic heterocycles. The lowest BCUT2D eigenvalue weighted by atomic mass is 10.1. The van der Waals surface area contributed by atoms with Crippen LogP contribution in [0.25, 0.3) is 0 Å². The highest BCUT2D eigenvalue weighted by Crippen LogP contribution is 2.29. The summed E-state index contributed by atoms with van der Waals surface area (Å²) >= 11 is 0. The minimum absolute atomic E-state index is 0.123. The first-order valence-corrected chi connectivity index (χ1v) is 6.22. The Hall–Kier alpha value is -2.05. The molecule has 0 aliphatic rings. The molecule has 0 saturated carbocycles. The van der Waals surface area contributed by atoms with E-state index in [1.165, 1.54) is 13.2 Å². The molecule has 0 bridgehead atoms. The number of nitrogens with zero attached hydrogens (tertiary/aromatic N) is 1. The van der Waals surface area contributed by atoms with Crippen LogP contribution in [0.1, 0.15) is 29.8 Å². The molecule has 1 aromatic carbocycles. The number of methoxy groups -OCH3 is 1. The van der Waals surface area contributed by atoms with Crippen LogP contribution in [0.15, 0.2) is 24.3 Å². The molecule has 0 fully saturated rings. The van der Waals surface area contributed by atoms with Crippen molar-refractivity contribution >= 4 is 11.9 Å². The van der Waals surface area contributed by atoms with E-state index in [2.05, 4.69) is 4.74 Å². The van der Waals surface area contributed by atoms with E-state index in [9.17, 15) is 22.8 Å². The Kier molecular flexibility index (Phi) is 5.34. The zero-order valence-electron chi connectivity index (χ0n) is 11.9. The van der Waals surface area contributed by atoms with Crippen molar-refractivity contribution < 1.29 is 27.5 Å². The number of halogens is 3. The average Bonchev–Trinajstić information content (AvgIpc) is 2.42. The lowest BCUT2D eigenvalue weighted by Crippen LogP contribution is -2.41. The number of amides is 1. The van der Waals surface area contributed by atoms with E-state index in [1.807, 2.05) is 0 Å². The first-order valence-electron chi connectivity index (χ1n) is 6.22. The fourth-order valence-corrected chi connectivity index (χ4v) is 1.69. The van der Waals surface area contributed by atoms with E-state index in [4.69, 9.17) is 0 Å². The maximum Gasteiger partial charge on any atom is 0.416 e. The average molecular weight is 303 g/mol. The minimum atomic E-state index is -4.53. The summed E-state index contributed by atoms with van der Waals surface area (Å²) in [5.74, 6) is -1.29. The summed E-state index contributed by atoms with van der Waals surface area (Å²) in [6.07, 6.45) is -4.53. The van der Waals surface area contributed by atoms with Crippen LogP contribution in [-0.2, 0) is 15.7 Å². The molecule has 116 valence electrons. The van der Waals surface area contributed by atoms with E-state index < -0.39 is 23.6 Å². The molecule has 0 radical (unpaired) electrons.